The lowest BCUT2D eigenvalue weighted by Gasteiger charge is -2.13. The monoisotopic (exact) mass is 237 g/mol. The van der Waals surface area contributed by atoms with E-state index in [4.69, 9.17) is 4.42 Å². The van der Waals surface area contributed by atoms with Crippen molar-refractivity contribution in [3.8, 4) is 0 Å². The summed E-state index contributed by atoms with van der Waals surface area (Å²) in [6.07, 6.45) is 14.4. The van der Waals surface area contributed by atoms with Gasteiger partial charge in [-0.2, -0.15) is 0 Å². The van der Waals surface area contributed by atoms with Crippen LogP contribution in [0.1, 0.15) is 69.9 Å². The van der Waals surface area contributed by atoms with Crippen molar-refractivity contribution in [1.82, 2.24) is 5.32 Å². The standard InChI is InChI=1S/C15H27NO/c1-3-4-5-6-7-8-9-10-15(16-2)14-11-12-17-13-14/h11-13,15-16H,3-10H2,1-2H3. The van der Waals surface area contributed by atoms with Gasteiger partial charge in [0, 0.05) is 11.6 Å². The van der Waals surface area contributed by atoms with Gasteiger partial charge in [0.2, 0.25) is 0 Å². The van der Waals surface area contributed by atoms with Crippen LogP contribution in [0, 0.1) is 0 Å². The van der Waals surface area contributed by atoms with E-state index >= 15 is 0 Å². The van der Waals surface area contributed by atoms with Crippen molar-refractivity contribution in [2.45, 2.75) is 64.3 Å². The molecule has 0 aromatic carbocycles. The number of hydrogen-bond acceptors (Lipinski definition) is 2. The van der Waals surface area contributed by atoms with Gasteiger partial charge < -0.3 is 9.73 Å². The van der Waals surface area contributed by atoms with Crippen LogP contribution in [-0.2, 0) is 0 Å². The Kier molecular flexibility index (Phi) is 7.81. The first kappa shape index (κ1) is 14.3. The summed E-state index contributed by atoms with van der Waals surface area (Å²) in [6.45, 7) is 2.27. The maximum atomic E-state index is 5.13. The van der Waals surface area contributed by atoms with E-state index in [0.717, 1.165) is 0 Å². The second kappa shape index (κ2) is 9.29. The van der Waals surface area contributed by atoms with E-state index in [1.54, 1.807) is 6.26 Å². The molecule has 1 aromatic heterocycles. The Morgan fingerprint density at radius 1 is 1.12 bits per heavy atom. The zero-order valence-corrected chi connectivity index (χ0v) is 11.4. The lowest BCUT2D eigenvalue weighted by Crippen LogP contribution is -2.15. The Hall–Kier alpha value is -0.760. The van der Waals surface area contributed by atoms with Gasteiger partial charge in [0.1, 0.15) is 0 Å². The van der Waals surface area contributed by atoms with E-state index in [0.29, 0.717) is 6.04 Å². The first-order valence-electron chi connectivity index (χ1n) is 7.07. The van der Waals surface area contributed by atoms with Crippen molar-refractivity contribution in [3.05, 3.63) is 24.2 Å². The van der Waals surface area contributed by atoms with Crippen molar-refractivity contribution >= 4 is 0 Å². The van der Waals surface area contributed by atoms with Crippen LogP contribution >= 0.6 is 0 Å². The molecule has 0 aliphatic rings. The van der Waals surface area contributed by atoms with Gasteiger partial charge in [-0.25, -0.2) is 0 Å². The predicted molar refractivity (Wildman–Crippen MR) is 73.1 cm³/mol. The molecule has 2 heteroatoms. The summed E-state index contributed by atoms with van der Waals surface area (Å²) in [7, 11) is 2.03. The van der Waals surface area contributed by atoms with Crippen molar-refractivity contribution < 1.29 is 4.42 Å². The van der Waals surface area contributed by atoms with E-state index in [9.17, 15) is 0 Å². The van der Waals surface area contributed by atoms with Gasteiger partial charge in [0.05, 0.1) is 12.5 Å². The summed E-state index contributed by atoms with van der Waals surface area (Å²) in [5, 5.41) is 3.36. The van der Waals surface area contributed by atoms with Crippen LogP contribution < -0.4 is 5.32 Å². The second-order valence-electron chi connectivity index (χ2n) is 4.81. The fourth-order valence-electron chi connectivity index (χ4n) is 2.26. The molecular formula is C15H27NO. The van der Waals surface area contributed by atoms with Crippen LogP contribution in [0.4, 0.5) is 0 Å². The minimum Gasteiger partial charge on any atom is -0.472 e. The predicted octanol–water partition coefficient (Wildman–Crippen LogP) is 4.68. The van der Waals surface area contributed by atoms with Crippen LogP contribution in [0.5, 0.6) is 0 Å². The van der Waals surface area contributed by atoms with E-state index in [1.807, 2.05) is 13.3 Å². The average Bonchev–Trinajstić information content (AvgIpc) is 2.86. The van der Waals surface area contributed by atoms with Gasteiger partial charge in [-0.15, -0.1) is 0 Å². The summed E-state index contributed by atoms with van der Waals surface area (Å²) in [4.78, 5) is 0. The molecule has 0 amide bonds. The smallest absolute Gasteiger partial charge is 0.0950 e. The number of hydrogen-bond donors (Lipinski definition) is 1. The molecule has 0 aliphatic carbocycles. The van der Waals surface area contributed by atoms with E-state index in [-0.39, 0.29) is 0 Å². The minimum atomic E-state index is 0.462. The lowest BCUT2D eigenvalue weighted by molar-refractivity contribution is 0.487. The van der Waals surface area contributed by atoms with E-state index in [1.165, 1.54) is 56.9 Å². The summed E-state index contributed by atoms with van der Waals surface area (Å²) in [6, 6.07) is 2.52. The topological polar surface area (TPSA) is 25.2 Å². The molecule has 1 aromatic rings. The Morgan fingerprint density at radius 3 is 2.41 bits per heavy atom. The summed E-state index contributed by atoms with van der Waals surface area (Å²) >= 11 is 0. The lowest BCUT2D eigenvalue weighted by atomic mass is 10.0. The second-order valence-corrected chi connectivity index (χ2v) is 4.81. The third-order valence-electron chi connectivity index (χ3n) is 3.39. The molecule has 2 nitrogen and oxygen atoms in total. The molecule has 0 fully saturated rings. The molecular weight excluding hydrogens is 210 g/mol. The Balaban J connectivity index is 2.04. The Bertz CT molecular complexity index is 256. The molecule has 17 heavy (non-hydrogen) atoms. The molecule has 98 valence electrons. The van der Waals surface area contributed by atoms with Gasteiger partial charge in [0.25, 0.3) is 0 Å². The van der Waals surface area contributed by atoms with E-state index < -0.39 is 0 Å². The number of rotatable bonds is 10. The fraction of sp³-hybridized carbons (Fsp3) is 0.733. The highest BCUT2D eigenvalue weighted by atomic mass is 16.3. The normalized spacial score (nSPS) is 12.8. The summed E-state index contributed by atoms with van der Waals surface area (Å²) in [5.74, 6) is 0. The quantitative estimate of drug-likeness (QED) is 0.598. The molecule has 1 unspecified atom stereocenters. The van der Waals surface area contributed by atoms with Crippen molar-refractivity contribution in [2.75, 3.05) is 7.05 Å². The maximum absolute atomic E-state index is 5.13. The van der Waals surface area contributed by atoms with Gasteiger partial charge in [-0.05, 0) is 19.5 Å². The molecule has 1 heterocycles. The Labute approximate surface area is 106 Å². The van der Waals surface area contributed by atoms with Crippen LogP contribution in [0.15, 0.2) is 23.0 Å². The van der Waals surface area contributed by atoms with Crippen LogP contribution in [0.25, 0.3) is 0 Å². The zero-order valence-electron chi connectivity index (χ0n) is 11.4. The molecule has 0 saturated heterocycles. The third-order valence-corrected chi connectivity index (χ3v) is 3.39. The van der Waals surface area contributed by atoms with Crippen molar-refractivity contribution in [3.63, 3.8) is 0 Å². The Morgan fingerprint density at radius 2 is 1.82 bits per heavy atom. The fourth-order valence-corrected chi connectivity index (χ4v) is 2.26. The van der Waals surface area contributed by atoms with Gasteiger partial charge in [-0.3, -0.25) is 0 Å². The third kappa shape index (κ3) is 5.92. The van der Waals surface area contributed by atoms with Crippen LogP contribution in [0.3, 0.4) is 0 Å². The van der Waals surface area contributed by atoms with E-state index in [2.05, 4.69) is 18.3 Å². The van der Waals surface area contributed by atoms with Crippen LogP contribution in [-0.4, -0.2) is 7.05 Å². The molecule has 1 N–H and O–H groups in total. The molecule has 1 atom stereocenters. The van der Waals surface area contributed by atoms with Crippen LogP contribution in [0.2, 0.25) is 0 Å². The number of unbranched alkanes of at least 4 members (excludes halogenated alkanes) is 6. The number of furan rings is 1. The molecule has 0 spiro atoms. The summed E-state index contributed by atoms with van der Waals surface area (Å²) in [5.41, 5.74) is 1.28. The van der Waals surface area contributed by atoms with Crippen molar-refractivity contribution in [1.29, 1.82) is 0 Å². The number of nitrogens with one attached hydrogen (secondary N) is 1. The maximum Gasteiger partial charge on any atom is 0.0950 e. The molecule has 0 bridgehead atoms. The zero-order chi connectivity index (χ0) is 12.3. The molecule has 0 aliphatic heterocycles. The largest absolute Gasteiger partial charge is 0.472 e. The van der Waals surface area contributed by atoms with Gasteiger partial charge >= 0.3 is 0 Å². The van der Waals surface area contributed by atoms with Gasteiger partial charge in [0.15, 0.2) is 0 Å². The SMILES string of the molecule is CCCCCCCCCC(NC)c1ccoc1. The van der Waals surface area contributed by atoms with Gasteiger partial charge in [-0.1, -0.05) is 51.9 Å². The minimum absolute atomic E-state index is 0.462. The first-order valence-corrected chi connectivity index (χ1v) is 7.07. The average molecular weight is 237 g/mol. The highest BCUT2D eigenvalue weighted by Crippen LogP contribution is 2.20. The highest BCUT2D eigenvalue weighted by molar-refractivity contribution is 5.10. The highest BCUT2D eigenvalue weighted by Gasteiger charge is 2.09. The molecule has 0 radical (unpaired) electrons. The van der Waals surface area contributed by atoms with Crippen molar-refractivity contribution in [2.24, 2.45) is 0 Å². The molecule has 0 saturated carbocycles. The first-order chi connectivity index (χ1) is 8.38. The summed E-state index contributed by atoms with van der Waals surface area (Å²) < 4.78 is 5.13. The molecule has 1 rings (SSSR count).